The van der Waals surface area contributed by atoms with Crippen molar-refractivity contribution in [1.29, 1.82) is 0 Å². The quantitative estimate of drug-likeness (QED) is 0.843. The van der Waals surface area contributed by atoms with Gasteiger partial charge in [0.25, 0.3) is 5.91 Å². The SMILES string of the molecule is CC(C)CN(CC(C)C)C(=O)c1cc(F)c(N)c(F)c1. The van der Waals surface area contributed by atoms with Crippen LogP contribution in [0.2, 0.25) is 0 Å². The van der Waals surface area contributed by atoms with E-state index < -0.39 is 17.3 Å². The van der Waals surface area contributed by atoms with Gasteiger partial charge in [-0.3, -0.25) is 4.79 Å². The molecule has 1 aromatic rings. The molecular formula is C15H22F2N2O. The Hall–Kier alpha value is -1.65. The van der Waals surface area contributed by atoms with E-state index >= 15 is 0 Å². The van der Waals surface area contributed by atoms with Crippen molar-refractivity contribution in [2.75, 3.05) is 18.8 Å². The molecule has 5 heteroatoms. The van der Waals surface area contributed by atoms with Crippen LogP contribution in [0.25, 0.3) is 0 Å². The monoisotopic (exact) mass is 284 g/mol. The second kappa shape index (κ2) is 6.68. The summed E-state index contributed by atoms with van der Waals surface area (Å²) in [6.45, 7) is 9.06. The van der Waals surface area contributed by atoms with Crippen molar-refractivity contribution in [3.05, 3.63) is 29.3 Å². The molecular weight excluding hydrogens is 262 g/mol. The largest absolute Gasteiger partial charge is 0.394 e. The number of anilines is 1. The summed E-state index contributed by atoms with van der Waals surface area (Å²) in [5, 5.41) is 0. The molecule has 0 atom stereocenters. The number of nitrogens with zero attached hydrogens (tertiary/aromatic N) is 1. The average molecular weight is 284 g/mol. The van der Waals surface area contributed by atoms with E-state index in [9.17, 15) is 13.6 Å². The number of hydrogen-bond donors (Lipinski definition) is 1. The van der Waals surface area contributed by atoms with Crippen LogP contribution in [-0.2, 0) is 0 Å². The Labute approximate surface area is 118 Å². The molecule has 1 aromatic carbocycles. The first-order chi connectivity index (χ1) is 9.22. The predicted molar refractivity (Wildman–Crippen MR) is 76.3 cm³/mol. The minimum absolute atomic E-state index is 0.00417. The lowest BCUT2D eigenvalue weighted by Gasteiger charge is -2.26. The van der Waals surface area contributed by atoms with Crippen LogP contribution in [0.4, 0.5) is 14.5 Å². The van der Waals surface area contributed by atoms with Crippen molar-refractivity contribution in [3.8, 4) is 0 Å². The number of carbonyl (C=O) groups excluding carboxylic acids is 1. The maximum Gasteiger partial charge on any atom is 0.254 e. The van der Waals surface area contributed by atoms with E-state index in [1.807, 2.05) is 27.7 Å². The molecule has 0 aliphatic carbocycles. The normalized spacial score (nSPS) is 11.2. The van der Waals surface area contributed by atoms with Crippen LogP contribution in [0, 0.1) is 23.5 Å². The fourth-order valence-corrected chi connectivity index (χ4v) is 2.01. The third-order valence-electron chi connectivity index (χ3n) is 2.78. The van der Waals surface area contributed by atoms with Crippen LogP contribution in [0.15, 0.2) is 12.1 Å². The molecule has 1 amide bonds. The molecule has 0 unspecified atom stereocenters. The van der Waals surface area contributed by atoms with Gasteiger partial charge in [0.15, 0.2) is 0 Å². The third-order valence-corrected chi connectivity index (χ3v) is 2.78. The average Bonchev–Trinajstić information content (AvgIpc) is 2.32. The van der Waals surface area contributed by atoms with Gasteiger partial charge in [0, 0.05) is 18.7 Å². The van der Waals surface area contributed by atoms with Crippen molar-refractivity contribution in [3.63, 3.8) is 0 Å². The number of carbonyl (C=O) groups is 1. The third kappa shape index (κ3) is 4.18. The minimum atomic E-state index is -0.901. The second-order valence-corrected chi connectivity index (χ2v) is 5.85. The summed E-state index contributed by atoms with van der Waals surface area (Å²) >= 11 is 0. The van der Waals surface area contributed by atoms with Gasteiger partial charge in [0.1, 0.15) is 17.3 Å². The van der Waals surface area contributed by atoms with Gasteiger partial charge < -0.3 is 10.6 Å². The van der Waals surface area contributed by atoms with Crippen LogP contribution in [0.3, 0.4) is 0 Å². The standard InChI is InChI=1S/C15H22F2N2O/c1-9(2)7-19(8-10(3)4)15(20)11-5-12(16)14(18)13(17)6-11/h5-6,9-10H,7-8,18H2,1-4H3. The zero-order valence-corrected chi connectivity index (χ0v) is 12.4. The number of nitrogens with two attached hydrogens (primary N) is 1. The van der Waals surface area contributed by atoms with Crippen LogP contribution >= 0.6 is 0 Å². The summed E-state index contributed by atoms with van der Waals surface area (Å²) in [6, 6.07) is 1.99. The molecule has 0 spiro atoms. The van der Waals surface area contributed by atoms with Crippen molar-refractivity contribution >= 4 is 11.6 Å². The first-order valence-corrected chi connectivity index (χ1v) is 6.76. The highest BCUT2D eigenvalue weighted by molar-refractivity contribution is 5.94. The van der Waals surface area contributed by atoms with Gasteiger partial charge in [-0.25, -0.2) is 8.78 Å². The van der Waals surface area contributed by atoms with E-state index in [2.05, 4.69) is 0 Å². The molecule has 0 saturated carbocycles. The molecule has 0 aliphatic rings. The van der Waals surface area contributed by atoms with Crippen LogP contribution in [0.5, 0.6) is 0 Å². The first-order valence-electron chi connectivity index (χ1n) is 6.76. The summed E-state index contributed by atoms with van der Waals surface area (Å²) in [5.41, 5.74) is 4.65. The minimum Gasteiger partial charge on any atom is -0.394 e. The number of rotatable bonds is 5. The zero-order chi connectivity index (χ0) is 15.4. The van der Waals surface area contributed by atoms with Gasteiger partial charge in [0.2, 0.25) is 0 Å². The maximum atomic E-state index is 13.5. The molecule has 0 bridgehead atoms. The maximum absolute atomic E-state index is 13.5. The molecule has 1 rings (SSSR count). The zero-order valence-electron chi connectivity index (χ0n) is 12.4. The van der Waals surface area contributed by atoms with E-state index in [4.69, 9.17) is 5.73 Å². The highest BCUT2D eigenvalue weighted by Gasteiger charge is 2.20. The smallest absolute Gasteiger partial charge is 0.254 e. The lowest BCUT2D eigenvalue weighted by Crippen LogP contribution is -2.37. The van der Waals surface area contributed by atoms with Gasteiger partial charge in [-0.1, -0.05) is 27.7 Å². The fraction of sp³-hybridized carbons (Fsp3) is 0.533. The van der Waals surface area contributed by atoms with Gasteiger partial charge in [0.05, 0.1) is 0 Å². The second-order valence-electron chi connectivity index (χ2n) is 5.85. The number of amides is 1. The van der Waals surface area contributed by atoms with Gasteiger partial charge in [-0.2, -0.15) is 0 Å². The van der Waals surface area contributed by atoms with E-state index in [0.717, 1.165) is 12.1 Å². The van der Waals surface area contributed by atoms with Crippen molar-refractivity contribution in [2.45, 2.75) is 27.7 Å². The van der Waals surface area contributed by atoms with Crippen molar-refractivity contribution in [1.82, 2.24) is 4.90 Å². The lowest BCUT2D eigenvalue weighted by atomic mass is 10.1. The molecule has 0 aliphatic heterocycles. The van der Waals surface area contributed by atoms with Gasteiger partial charge in [-0.05, 0) is 24.0 Å². The van der Waals surface area contributed by atoms with Crippen molar-refractivity contribution in [2.24, 2.45) is 11.8 Å². The Morgan fingerprint density at radius 2 is 1.50 bits per heavy atom. The van der Waals surface area contributed by atoms with Crippen LogP contribution < -0.4 is 5.73 Å². The molecule has 0 heterocycles. The molecule has 20 heavy (non-hydrogen) atoms. The summed E-state index contributed by atoms with van der Waals surface area (Å²) in [4.78, 5) is 14.0. The highest BCUT2D eigenvalue weighted by Crippen LogP contribution is 2.19. The van der Waals surface area contributed by atoms with Gasteiger partial charge >= 0.3 is 0 Å². The molecule has 112 valence electrons. The van der Waals surface area contributed by atoms with E-state index in [0.29, 0.717) is 13.1 Å². The molecule has 3 nitrogen and oxygen atoms in total. The Morgan fingerprint density at radius 1 is 1.10 bits per heavy atom. The predicted octanol–water partition coefficient (Wildman–Crippen LogP) is 3.30. The highest BCUT2D eigenvalue weighted by atomic mass is 19.1. The number of halogens is 2. The molecule has 2 N–H and O–H groups in total. The van der Waals surface area contributed by atoms with Crippen LogP contribution in [0.1, 0.15) is 38.1 Å². The molecule has 0 aromatic heterocycles. The molecule has 0 radical (unpaired) electrons. The topological polar surface area (TPSA) is 46.3 Å². The summed E-state index contributed by atoms with van der Waals surface area (Å²) in [7, 11) is 0. The number of hydrogen-bond acceptors (Lipinski definition) is 2. The van der Waals surface area contributed by atoms with E-state index in [-0.39, 0.29) is 23.3 Å². The summed E-state index contributed by atoms with van der Waals surface area (Å²) in [6.07, 6.45) is 0. The fourth-order valence-electron chi connectivity index (χ4n) is 2.01. The Morgan fingerprint density at radius 3 is 1.85 bits per heavy atom. The van der Waals surface area contributed by atoms with Crippen molar-refractivity contribution < 1.29 is 13.6 Å². The Kier molecular flexibility index (Phi) is 5.48. The number of benzene rings is 1. The molecule has 0 saturated heterocycles. The summed E-state index contributed by atoms with van der Waals surface area (Å²) < 4.78 is 26.9. The van der Waals surface area contributed by atoms with Crippen LogP contribution in [-0.4, -0.2) is 23.9 Å². The Balaban J connectivity index is 3.05. The lowest BCUT2D eigenvalue weighted by molar-refractivity contribution is 0.0714. The first kappa shape index (κ1) is 16.4. The number of nitrogen functional groups attached to an aromatic ring is 1. The van der Waals surface area contributed by atoms with Gasteiger partial charge in [-0.15, -0.1) is 0 Å². The van der Waals surface area contributed by atoms with E-state index in [1.165, 1.54) is 0 Å². The Bertz CT molecular complexity index is 454. The summed E-state index contributed by atoms with van der Waals surface area (Å²) in [5.74, 6) is -1.61. The molecule has 0 fully saturated rings. The van der Waals surface area contributed by atoms with E-state index in [1.54, 1.807) is 4.90 Å².